The highest BCUT2D eigenvalue weighted by molar-refractivity contribution is 5.29. The number of hydrogen-bond acceptors (Lipinski definition) is 3. The number of nitrogens with two attached hydrogens (primary N) is 1. The lowest BCUT2D eigenvalue weighted by Gasteiger charge is -2.45. The Kier molecular flexibility index (Phi) is 5.03. The van der Waals surface area contributed by atoms with Crippen molar-refractivity contribution in [1.82, 2.24) is 4.90 Å². The Labute approximate surface area is 152 Å². The summed E-state index contributed by atoms with van der Waals surface area (Å²) in [4.78, 5) is 2.56. The average molecular weight is 341 g/mol. The Balaban J connectivity index is 1.25. The summed E-state index contributed by atoms with van der Waals surface area (Å²) in [5.74, 6) is 2.79. The van der Waals surface area contributed by atoms with Gasteiger partial charge in [0, 0.05) is 37.2 Å². The first-order valence-electron chi connectivity index (χ1n) is 10.1. The van der Waals surface area contributed by atoms with Gasteiger partial charge in [-0.15, -0.1) is 0 Å². The lowest BCUT2D eigenvalue weighted by Crippen LogP contribution is -2.47. The van der Waals surface area contributed by atoms with Crippen molar-refractivity contribution < 1.29 is 4.74 Å². The van der Waals surface area contributed by atoms with Crippen molar-refractivity contribution in [3.05, 3.63) is 46.9 Å². The lowest BCUT2D eigenvalue weighted by molar-refractivity contribution is 0.152. The molecule has 3 aliphatic carbocycles. The first-order chi connectivity index (χ1) is 12.2. The SMILES string of the molecule is CC(N)CC1=CC=C(C2CN(C3=CC=C(OCC4CC4)CC3)C2)CC1. The smallest absolute Gasteiger partial charge is 0.0964 e. The van der Waals surface area contributed by atoms with Crippen molar-refractivity contribution in [3.63, 3.8) is 0 Å². The number of ether oxygens (including phenoxy) is 1. The Hall–Kier alpha value is -1.48. The highest BCUT2D eigenvalue weighted by atomic mass is 16.5. The van der Waals surface area contributed by atoms with Crippen LogP contribution in [-0.4, -0.2) is 30.6 Å². The van der Waals surface area contributed by atoms with Crippen LogP contribution >= 0.6 is 0 Å². The third-order valence-corrected chi connectivity index (χ3v) is 5.95. The molecule has 0 spiro atoms. The molecule has 0 radical (unpaired) electrons. The predicted molar refractivity (Wildman–Crippen MR) is 103 cm³/mol. The van der Waals surface area contributed by atoms with Crippen LogP contribution in [0.2, 0.25) is 0 Å². The zero-order valence-electron chi connectivity index (χ0n) is 15.5. The molecule has 1 atom stereocenters. The molecular weight excluding hydrogens is 308 g/mol. The second-order valence-corrected chi connectivity index (χ2v) is 8.40. The van der Waals surface area contributed by atoms with E-state index < -0.39 is 0 Å². The summed E-state index contributed by atoms with van der Waals surface area (Å²) in [6, 6.07) is 0.282. The van der Waals surface area contributed by atoms with Gasteiger partial charge >= 0.3 is 0 Å². The molecule has 2 N–H and O–H groups in total. The van der Waals surface area contributed by atoms with Crippen LogP contribution in [0.4, 0.5) is 0 Å². The maximum Gasteiger partial charge on any atom is 0.0964 e. The molecule has 0 aromatic carbocycles. The van der Waals surface area contributed by atoms with Crippen molar-refractivity contribution in [2.75, 3.05) is 19.7 Å². The van der Waals surface area contributed by atoms with Crippen LogP contribution in [0.25, 0.3) is 0 Å². The predicted octanol–water partition coefficient (Wildman–Crippen LogP) is 4.29. The molecule has 0 aromatic rings. The second kappa shape index (κ2) is 7.41. The highest BCUT2D eigenvalue weighted by Gasteiger charge is 2.32. The van der Waals surface area contributed by atoms with Gasteiger partial charge in [-0.2, -0.15) is 0 Å². The van der Waals surface area contributed by atoms with Gasteiger partial charge in [-0.05, 0) is 63.5 Å². The molecule has 1 heterocycles. The van der Waals surface area contributed by atoms with Gasteiger partial charge in [0.05, 0.1) is 12.4 Å². The van der Waals surface area contributed by atoms with Gasteiger partial charge in [0.25, 0.3) is 0 Å². The average Bonchev–Trinajstić information content (AvgIpc) is 3.38. The maximum atomic E-state index is 5.91. The zero-order valence-corrected chi connectivity index (χ0v) is 15.5. The minimum absolute atomic E-state index is 0.282. The molecule has 1 saturated heterocycles. The van der Waals surface area contributed by atoms with Crippen LogP contribution in [-0.2, 0) is 4.74 Å². The summed E-state index contributed by atoms with van der Waals surface area (Å²) < 4.78 is 5.91. The molecule has 0 bridgehead atoms. The third kappa shape index (κ3) is 4.38. The Morgan fingerprint density at radius 2 is 1.92 bits per heavy atom. The van der Waals surface area contributed by atoms with Crippen molar-refractivity contribution in [1.29, 1.82) is 0 Å². The van der Waals surface area contributed by atoms with Gasteiger partial charge in [-0.25, -0.2) is 0 Å². The molecule has 4 aliphatic rings. The van der Waals surface area contributed by atoms with E-state index in [-0.39, 0.29) is 6.04 Å². The van der Waals surface area contributed by atoms with Crippen LogP contribution in [0, 0.1) is 11.8 Å². The van der Waals surface area contributed by atoms with E-state index in [9.17, 15) is 0 Å². The van der Waals surface area contributed by atoms with Gasteiger partial charge in [-0.1, -0.05) is 23.3 Å². The number of allylic oxidation sites excluding steroid dienone is 6. The maximum absolute atomic E-state index is 5.91. The van der Waals surface area contributed by atoms with Crippen LogP contribution in [0.3, 0.4) is 0 Å². The van der Waals surface area contributed by atoms with Crippen molar-refractivity contribution >= 4 is 0 Å². The van der Waals surface area contributed by atoms with Gasteiger partial charge in [0.15, 0.2) is 0 Å². The first-order valence-corrected chi connectivity index (χ1v) is 10.1. The molecule has 1 saturated carbocycles. The minimum Gasteiger partial charge on any atom is -0.498 e. The largest absolute Gasteiger partial charge is 0.498 e. The van der Waals surface area contributed by atoms with E-state index in [0.717, 1.165) is 37.7 Å². The normalized spacial score (nSPS) is 25.4. The standard InChI is InChI=1S/C22H32N2O/c1-16(23)12-17-4-6-19(7-5-17)20-13-24(14-20)21-8-10-22(11-9-21)25-15-18-2-3-18/h4,6,8,10,16,18,20H,2-3,5,7,9,11-15,23H2,1H3. The zero-order chi connectivity index (χ0) is 17.2. The minimum atomic E-state index is 0.282. The van der Waals surface area contributed by atoms with Crippen molar-refractivity contribution in [2.24, 2.45) is 17.6 Å². The molecule has 3 nitrogen and oxygen atoms in total. The van der Waals surface area contributed by atoms with E-state index >= 15 is 0 Å². The summed E-state index contributed by atoms with van der Waals surface area (Å²) in [6.45, 7) is 5.42. The van der Waals surface area contributed by atoms with Gasteiger partial charge in [-0.3, -0.25) is 0 Å². The van der Waals surface area contributed by atoms with E-state index in [1.165, 1.54) is 55.8 Å². The number of likely N-dealkylation sites (tertiary alicyclic amines) is 1. The molecule has 1 unspecified atom stereocenters. The fourth-order valence-electron chi connectivity index (χ4n) is 4.07. The van der Waals surface area contributed by atoms with Crippen molar-refractivity contribution in [3.8, 4) is 0 Å². The molecule has 4 rings (SSSR count). The number of rotatable bonds is 7. The fourth-order valence-corrected chi connectivity index (χ4v) is 4.07. The van der Waals surface area contributed by atoms with E-state index in [0.29, 0.717) is 0 Å². The van der Waals surface area contributed by atoms with Crippen LogP contribution in [0.15, 0.2) is 46.9 Å². The van der Waals surface area contributed by atoms with Crippen molar-refractivity contribution in [2.45, 2.75) is 57.9 Å². The highest BCUT2D eigenvalue weighted by Crippen LogP contribution is 2.36. The topological polar surface area (TPSA) is 38.5 Å². The fraction of sp³-hybridized carbons (Fsp3) is 0.636. The quantitative estimate of drug-likeness (QED) is 0.751. The van der Waals surface area contributed by atoms with E-state index in [2.05, 4.69) is 36.1 Å². The Morgan fingerprint density at radius 3 is 2.52 bits per heavy atom. The lowest BCUT2D eigenvalue weighted by atomic mass is 9.83. The Bertz CT molecular complexity index is 616. The monoisotopic (exact) mass is 340 g/mol. The van der Waals surface area contributed by atoms with Crippen LogP contribution in [0.1, 0.15) is 51.9 Å². The molecule has 0 amide bonds. The first kappa shape index (κ1) is 17.0. The third-order valence-electron chi connectivity index (χ3n) is 5.95. The van der Waals surface area contributed by atoms with Gasteiger partial charge in [0.1, 0.15) is 0 Å². The molecule has 25 heavy (non-hydrogen) atoms. The number of hydrogen-bond donors (Lipinski definition) is 1. The molecule has 2 fully saturated rings. The molecule has 3 heteroatoms. The van der Waals surface area contributed by atoms with Gasteiger partial charge < -0.3 is 15.4 Å². The molecular formula is C22H32N2O. The van der Waals surface area contributed by atoms with Gasteiger partial charge in [0.2, 0.25) is 0 Å². The molecule has 136 valence electrons. The summed E-state index contributed by atoms with van der Waals surface area (Å²) in [5.41, 5.74) is 10.6. The Morgan fingerprint density at radius 1 is 1.08 bits per heavy atom. The van der Waals surface area contributed by atoms with E-state index in [4.69, 9.17) is 10.5 Å². The molecule has 0 aromatic heterocycles. The summed E-state index contributed by atoms with van der Waals surface area (Å²) in [6.07, 6.45) is 17.6. The molecule has 1 aliphatic heterocycles. The van der Waals surface area contributed by atoms with Crippen LogP contribution < -0.4 is 5.73 Å². The summed E-state index contributed by atoms with van der Waals surface area (Å²) >= 11 is 0. The summed E-state index contributed by atoms with van der Waals surface area (Å²) in [5, 5.41) is 0. The summed E-state index contributed by atoms with van der Waals surface area (Å²) in [7, 11) is 0. The van der Waals surface area contributed by atoms with E-state index in [1.807, 2.05) is 0 Å². The van der Waals surface area contributed by atoms with E-state index in [1.54, 1.807) is 5.57 Å². The second-order valence-electron chi connectivity index (χ2n) is 8.40. The number of nitrogens with zero attached hydrogens (tertiary/aromatic N) is 1. The van der Waals surface area contributed by atoms with Crippen LogP contribution in [0.5, 0.6) is 0 Å².